The Bertz CT molecular complexity index is 387. The molecule has 0 unspecified atom stereocenters. The van der Waals surface area contributed by atoms with Crippen molar-refractivity contribution >= 4 is 11.5 Å². The molecule has 0 N–H and O–H groups in total. The number of hydrogen-bond acceptors (Lipinski definition) is 5. The van der Waals surface area contributed by atoms with Gasteiger partial charge in [-0.2, -0.15) is 4.37 Å². The molecule has 2 heterocycles. The Morgan fingerprint density at radius 3 is 2.77 bits per heavy atom. The second-order valence-corrected chi connectivity index (χ2v) is 3.10. The monoisotopic (exact) mass is 193 g/mol. The average molecular weight is 193 g/mol. The molecule has 0 aromatic carbocycles. The standard InChI is InChI=1S/C8H7N3OS/c1-12-6-5-11-13-7(6)8-9-3-2-4-10-8/h2-5H,1H3. The van der Waals surface area contributed by atoms with Crippen molar-refractivity contribution in [2.24, 2.45) is 0 Å². The molecule has 0 spiro atoms. The fraction of sp³-hybridized carbons (Fsp3) is 0.125. The first-order valence-electron chi connectivity index (χ1n) is 3.68. The van der Waals surface area contributed by atoms with Gasteiger partial charge in [0.05, 0.1) is 13.3 Å². The smallest absolute Gasteiger partial charge is 0.174 e. The summed E-state index contributed by atoms with van der Waals surface area (Å²) in [5, 5.41) is 0. The molecule has 4 nitrogen and oxygen atoms in total. The van der Waals surface area contributed by atoms with E-state index in [1.807, 2.05) is 0 Å². The molecule has 2 aromatic rings. The second-order valence-electron chi connectivity index (χ2n) is 2.30. The van der Waals surface area contributed by atoms with E-state index in [9.17, 15) is 0 Å². The van der Waals surface area contributed by atoms with E-state index >= 15 is 0 Å². The fourth-order valence-corrected chi connectivity index (χ4v) is 1.61. The third-order valence-electron chi connectivity index (χ3n) is 1.53. The molecule has 5 heteroatoms. The zero-order valence-electron chi connectivity index (χ0n) is 6.97. The van der Waals surface area contributed by atoms with Gasteiger partial charge >= 0.3 is 0 Å². The van der Waals surface area contributed by atoms with Gasteiger partial charge in [-0.3, -0.25) is 0 Å². The van der Waals surface area contributed by atoms with Crippen LogP contribution in [0.15, 0.2) is 24.7 Å². The molecule has 0 amide bonds. The zero-order chi connectivity index (χ0) is 9.10. The Morgan fingerprint density at radius 2 is 2.08 bits per heavy atom. The summed E-state index contributed by atoms with van der Waals surface area (Å²) in [6, 6.07) is 1.77. The Morgan fingerprint density at radius 1 is 1.31 bits per heavy atom. The lowest BCUT2D eigenvalue weighted by molar-refractivity contribution is 0.417. The summed E-state index contributed by atoms with van der Waals surface area (Å²) in [7, 11) is 1.61. The molecule has 0 bridgehead atoms. The minimum atomic E-state index is 0.654. The third-order valence-corrected chi connectivity index (χ3v) is 2.30. The van der Waals surface area contributed by atoms with Gasteiger partial charge in [0.1, 0.15) is 4.88 Å². The molecule has 0 aliphatic rings. The van der Waals surface area contributed by atoms with Gasteiger partial charge in [0.25, 0.3) is 0 Å². The molecule has 0 aliphatic carbocycles. The highest BCUT2D eigenvalue weighted by molar-refractivity contribution is 7.09. The summed E-state index contributed by atoms with van der Waals surface area (Å²) in [4.78, 5) is 9.08. The van der Waals surface area contributed by atoms with E-state index < -0.39 is 0 Å². The van der Waals surface area contributed by atoms with Gasteiger partial charge < -0.3 is 4.74 Å². The van der Waals surface area contributed by atoms with Gasteiger partial charge in [0.2, 0.25) is 0 Å². The predicted molar refractivity (Wildman–Crippen MR) is 49.7 cm³/mol. The highest BCUT2D eigenvalue weighted by Crippen LogP contribution is 2.30. The van der Waals surface area contributed by atoms with E-state index in [2.05, 4.69) is 14.3 Å². The summed E-state index contributed by atoms with van der Waals surface area (Å²) >= 11 is 1.33. The number of ether oxygens (including phenoxy) is 1. The zero-order valence-corrected chi connectivity index (χ0v) is 7.78. The molecule has 0 fully saturated rings. The average Bonchev–Trinajstić information content (AvgIpc) is 2.67. The van der Waals surface area contributed by atoms with Crippen LogP contribution >= 0.6 is 11.5 Å². The largest absolute Gasteiger partial charge is 0.493 e. The number of nitrogens with zero attached hydrogens (tertiary/aromatic N) is 3. The number of rotatable bonds is 2. The lowest BCUT2D eigenvalue weighted by atomic mass is 10.4. The van der Waals surface area contributed by atoms with Crippen LogP contribution in [0.25, 0.3) is 10.7 Å². The van der Waals surface area contributed by atoms with Crippen molar-refractivity contribution < 1.29 is 4.74 Å². The van der Waals surface area contributed by atoms with E-state index in [0.29, 0.717) is 5.82 Å². The first-order chi connectivity index (χ1) is 6.42. The SMILES string of the molecule is COc1cnsc1-c1ncccn1. The summed E-state index contributed by atoms with van der Waals surface area (Å²) in [6.45, 7) is 0. The van der Waals surface area contributed by atoms with Crippen LogP contribution in [0, 0.1) is 0 Å². The highest BCUT2D eigenvalue weighted by Gasteiger charge is 2.09. The van der Waals surface area contributed by atoms with Crippen LogP contribution in [0.3, 0.4) is 0 Å². The van der Waals surface area contributed by atoms with Crippen LogP contribution < -0.4 is 4.74 Å². The number of aromatic nitrogens is 3. The maximum atomic E-state index is 5.11. The van der Waals surface area contributed by atoms with Crippen molar-refractivity contribution in [1.82, 2.24) is 14.3 Å². The molecule has 2 rings (SSSR count). The van der Waals surface area contributed by atoms with Gasteiger partial charge in [0, 0.05) is 12.4 Å². The van der Waals surface area contributed by atoms with Crippen LogP contribution in [0.4, 0.5) is 0 Å². The molecular formula is C8H7N3OS. The molecule has 66 valence electrons. The summed E-state index contributed by atoms with van der Waals surface area (Å²) in [5.41, 5.74) is 0. The topological polar surface area (TPSA) is 47.9 Å². The lowest BCUT2D eigenvalue weighted by Gasteiger charge is -1.97. The minimum Gasteiger partial charge on any atom is -0.493 e. The van der Waals surface area contributed by atoms with Gasteiger partial charge in [0.15, 0.2) is 11.6 Å². The van der Waals surface area contributed by atoms with Crippen LogP contribution in [0.2, 0.25) is 0 Å². The molecule has 2 aromatic heterocycles. The van der Waals surface area contributed by atoms with Crippen LogP contribution in [0.5, 0.6) is 5.75 Å². The number of methoxy groups -OCH3 is 1. The second kappa shape index (κ2) is 3.49. The predicted octanol–water partition coefficient (Wildman–Crippen LogP) is 1.61. The molecule has 0 aliphatic heterocycles. The molecule has 0 atom stereocenters. The Hall–Kier alpha value is -1.49. The Labute approximate surface area is 79.4 Å². The van der Waals surface area contributed by atoms with E-state index in [4.69, 9.17) is 4.74 Å². The molecule has 0 radical (unpaired) electrons. The van der Waals surface area contributed by atoms with Gasteiger partial charge in [-0.1, -0.05) is 0 Å². The maximum Gasteiger partial charge on any atom is 0.174 e. The first-order valence-corrected chi connectivity index (χ1v) is 4.45. The van der Waals surface area contributed by atoms with Crippen LogP contribution in [-0.2, 0) is 0 Å². The fourth-order valence-electron chi connectivity index (χ4n) is 0.943. The van der Waals surface area contributed by atoms with Crippen LogP contribution in [0.1, 0.15) is 0 Å². The van der Waals surface area contributed by atoms with E-state index in [1.54, 1.807) is 31.8 Å². The van der Waals surface area contributed by atoms with Crippen molar-refractivity contribution in [3.63, 3.8) is 0 Å². The summed E-state index contributed by atoms with van der Waals surface area (Å²) in [6.07, 6.45) is 5.05. The Kier molecular flexibility index (Phi) is 2.18. The highest BCUT2D eigenvalue weighted by atomic mass is 32.1. The van der Waals surface area contributed by atoms with Crippen molar-refractivity contribution in [2.75, 3.05) is 7.11 Å². The first kappa shape index (κ1) is 8.12. The summed E-state index contributed by atoms with van der Waals surface area (Å²) < 4.78 is 9.11. The quantitative estimate of drug-likeness (QED) is 0.727. The van der Waals surface area contributed by atoms with E-state index in [0.717, 1.165) is 10.6 Å². The van der Waals surface area contributed by atoms with E-state index in [1.165, 1.54) is 11.5 Å². The number of hydrogen-bond donors (Lipinski definition) is 0. The van der Waals surface area contributed by atoms with Crippen molar-refractivity contribution in [3.8, 4) is 16.5 Å². The van der Waals surface area contributed by atoms with Gasteiger partial charge in [-0.05, 0) is 17.6 Å². The van der Waals surface area contributed by atoms with E-state index in [-0.39, 0.29) is 0 Å². The molecule has 13 heavy (non-hydrogen) atoms. The lowest BCUT2D eigenvalue weighted by Crippen LogP contribution is -1.87. The van der Waals surface area contributed by atoms with Crippen LogP contribution in [-0.4, -0.2) is 21.5 Å². The third kappa shape index (κ3) is 1.50. The maximum absolute atomic E-state index is 5.11. The molecule has 0 saturated heterocycles. The van der Waals surface area contributed by atoms with Crippen molar-refractivity contribution in [1.29, 1.82) is 0 Å². The van der Waals surface area contributed by atoms with Gasteiger partial charge in [-0.15, -0.1) is 0 Å². The summed E-state index contributed by atoms with van der Waals surface area (Å²) in [5.74, 6) is 1.37. The minimum absolute atomic E-state index is 0.654. The van der Waals surface area contributed by atoms with Crippen molar-refractivity contribution in [2.45, 2.75) is 0 Å². The molecular weight excluding hydrogens is 186 g/mol. The van der Waals surface area contributed by atoms with Gasteiger partial charge in [-0.25, -0.2) is 9.97 Å². The normalized spacial score (nSPS) is 9.92. The van der Waals surface area contributed by atoms with Crippen molar-refractivity contribution in [3.05, 3.63) is 24.7 Å². The Balaban J connectivity index is 2.47. The molecule has 0 saturated carbocycles.